The summed E-state index contributed by atoms with van der Waals surface area (Å²) in [7, 11) is 1.66. The van der Waals surface area contributed by atoms with Gasteiger partial charge in [0.25, 0.3) is 0 Å². The highest BCUT2D eigenvalue weighted by molar-refractivity contribution is 6.33. The first-order chi connectivity index (χ1) is 14.2. The number of hydrogen-bond donors (Lipinski definition) is 1. The van der Waals surface area contributed by atoms with Gasteiger partial charge in [-0.2, -0.15) is 0 Å². The molecule has 3 nitrogen and oxygen atoms in total. The van der Waals surface area contributed by atoms with Crippen molar-refractivity contribution in [3.8, 4) is 11.5 Å². The number of anilines is 1. The molecule has 0 aliphatic carbocycles. The van der Waals surface area contributed by atoms with Gasteiger partial charge in [0.15, 0.2) is 11.5 Å². The van der Waals surface area contributed by atoms with Crippen molar-refractivity contribution < 1.29 is 9.47 Å². The maximum absolute atomic E-state index is 6.21. The number of methoxy groups -OCH3 is 1. The number of ether oxygens (including phenoxy) is 2. The Labute approximate surface area is 175 Å². The molecule has 1 N–H and O–H groups in total. The molecule has 0 saturated carbocycles. The molecule has 4 heteroatoms. The van der Waals surface area contributed by atoms with E-state index >= 15 is 0 Å². The average molecular weight is 404 g/mol. The standard InChI is InChI=1S/C25H22ClNO2/c1-28-25-15-18(16-27-23-12-5-4-11-22(23)26)13-14-24(25)29-17-20-9-6-8-19-7-2-3-10-21(19)20/h2-15,27H,16-17H2,1H3. The lowest BCUT2D eigenvalue weighted by atomic mass is 10.1. The minimum atomic E-state index is 0.481. The summed E-state index contributed by atoms with van der Waals surface area (Å²) in [6.45, 7) is 1.12. The molecule has 0 spiro atoms. The van der Waals surface area contributed by atoms with Crippen molar-refractivity contribution in [1.29, 1.82) is 0 Å². The summed E-state index contributed by atoms with van der Waals surface area (Å²) in [5, 5.41) is 6.47. The maximum atomic E-state index is 6.21. The first kappa shape index (κ1) is 19.2. The first-order valence-corrected chi connectivity index (χ1v) is 9.87. The Morgan fingerprint density at radius 3 is 2.48 bits per heavy atom. The molecule has 29 heavy (non-hydrogen) atoms. The molecule has 0 radical (unpaired) electrons. The average Bonchev–Trinajstić information content (AvgIpc) is 2.77. The van der Waals surface area contributed by atoms with Crippen LogP contribution < -0.4 is 14.8 Å². The van der Waals surface area contributed by atoms with E-state index in [-0.39, 0.29) is 0 Å². The largest absolute Gasteiger partial charge is 0.493 e. The summed E-state index contributed by atoms with van der Waals surface area (Å²) in [4.78, 5) is 0. The van der Waals surface area contributed by atoms with Crippen molar-refractivity contribution in [2.45, 2.75) is 13.2 Å². The van der Waals surface area contributed by atoms with Gasteiger partial charge in [0.05, 0.1) is 17.8 Å². The number of hydrogen-bond acceptors (Lipinski definition) is 3. The van der Waals surface area contributed by atoms with Gasteiger partial charge in [0.2, 0.25) is 0 Å². The lowest BCUT2D eigenvalue weighted by Gasteiger charge is -2.14. The number of benzene rings is 4. The molecule has 0 heterocycles. The van der Waals surface area contributed by atoms with E-state index in [9.17, 15) is 0 Å². The number of fused-ring (bicyclic) bond motifs is 1. The van der Waals surface area contributed by atoms with Gasteiger partial charge in [-0.25, -0.2) is 0 Å². The van der Waals surface area contributed by atoms with E-state index < -0.39 is 0 Å². The monoisotopic (exact) mass is 403 g/mol. The van der Waals surface area contributed by atoms with Crippen molar-refractivity contribution in [2.75, 3.05) is 12.4 Å². The molecule has 0 aromatic heterocycles. The fourth-order valence-corrected chi connectivity index (χ4v) is 3.52. The minimum Gasteiger partial charge on any atom is -0.493 e. The van der Waals surface area contributed by atoms with Crippen LogP contribution in [0.1, 0.15) is 11.1 Å². The second-order valence-electron chi connectivity index (χ2n) is 6.75. The normalized spacial score (nSPS) is 10.7. The third-order valence-corrected chi connectivity index (χ3v) is 5.18. The number of nitrogens with one attached hydrogen (secondary N) is 1. The van der Waals surface area contributed by atoms with Crippen LogP contribution in [-0.2, 0) is 13.2 Å². The van der Waals surface area contributed by atoms with Crippen molar-refractivity contribution >= 4 is 28.1 Å². The van der Waals surface area contributed by atoms with Gasteiger partial charge in [-0.05, 0) is 46.2 Å². The summed E-state index contributed by atoms with van der Waals surface area (Å²) in [6, 6.07) is 28.3. The zero-order valence-electron chi connectivity index (χ0n) is 16.2. The van der Waals surface area contributed by atoms with E-state index in [1.807, 2.05) is 54.6 Å². The van der Waals surface area contributed by atoms with Crippen molar-refractivity contribution in [1.82, 2.24) is 0 Å². The SMILES string of the molecule is COc1cc(CNc2ccccc2Cl)ccc1OCc1cccc2ccccc12. The lowest BCUT2D eigenvalue weighted by Crippen LogP contribution is -2.02. The zero-order valence-corrected chi connectivity index (χ0v) is 16.9. The van der Waals surface area contributed by atoms with Crippen molar-refractivity contribution in [2.24, 2.45) is 0 Å². The van der Waals surface area contributed by atoms with Crippen LogP contribution in [0.5, 0.6) is 11.5 Å². The van der Waals surface area contributed by atoms with Gasteiger partial charge in [0, 0.05) is 6.54 Å². The van der Waals surface area contributed by atoms with E-state index in [1.54, 1.807) is 7.11 Å². The fraction of sp³-hybridized carbons (Fsp3) is 0.120. The first-order valence-electron chi connectivity index (χ1n) is 9.49. The molecule has 0 fully saturated rings. The molecule has 4 rings (SSSR count). The summed E-state index contributed by atoms with van der Waals surface area (Å²) in [6.07, 6.45) is 0. The third kappa shape index (κ3) is 4.47. The molecule has 4 aromatic carbocycles. The van der Waals surface area contributed by atoms with Crippen LogP contribution in [0.15, 0.2) is 84.9 Å². The quantitative estimate of drug-likeness (QED) is 0.372. The molecule has 0 unspecified atom stereocenters. The van der Waals surface area contributed by atoms with Gasteiger partial charge >= 0.3 is 0 Å². The van der Waals surface area contributed by atoms with Crippen LogP contribution in [0.3, 0.4) is 0 Å². The summed E-state index contributed by atoms with van der Waals surface area (Å²) in [5.41, 5.74) is 3.14. The van der Waals surface area contributed by atoms with Crippen LogP contribution in [0.4, 0.5) is 5.69 Å². The molecule has 4 aromatic rings. The minimum absolute atomic E-state index is 0.481. The maximum Gasteiger partial charge on any atom is 0.161 e. The predicted octanol–water partition coefficient (Wildman–Crippen LogP) is 6.69. The summed E-state index contributed by atoms with van der Waals surface area (Å²) >= 11 is 6.21. The van der Waals surface area contributed by atoms with Crippen LogP contribution in [0, 0.1) is 0 Å². The van der Waals surface area contributed by atoms with Gasteiger partial charge in [-0.1, -0.05) is 72.3 Å². The molecule has 0 bridgehead atoms. The van der Waals surface area contributed by atoms with Gasteiger partial charge in [0.1, 0.15) is 6.61 Å². The number of para-hydroxylation sites is 1. The van der Waals surface area contributed by atoms with Gasteiger partial charge in [-0.3, -0.25) is 0 Å². The highest BCUT2D eigenvalue weighted by Crippen LogP contribution is 2.30. The van der Waals surface area contributed by atoms with Crippen LogP contribution in [-0.4, -0.2) is 7.11 Å². The molecule has 0 aliphatic heterocycles. The third-order valence-electron chi connectivity index (χ3n) is 4.85. The Morgan fingerprint density at radius 1 is 0.828 bits per heavy atom. The van der Waals surface area contributed by atoms with E-state index in [4.69, 9.17) is 21.1 Å². The molecular formula is C25H22ClNO2. The van der Waals surface area contributed by atoms with E-state index in [0.29, 0.717) is 23.9 Å². The Balaban J connectivity index is 1.47. The van der Waals surface area contributed by atoms with E-state index in [0.717, 1.165) is 22.6 Å². The van der Waals surface area contributed by atoms with Crippen LogP contribution in [0.2, 0.25) is 5.02 Å². The Morgan fingerprint density at radius 2 is 1.62 bits per heavy atom. The fourth-order valence-electron chi connectivity index (χ4n) is 3.32. The molecular weight excluding hydrogens is 382 g/mol. The second kappa shape index (κ2) is 8.89. The predicted molar refractivity (Wildman–Crippen MR) is 120 cm³/mol. The Hall–Kier alpha value is -3.17. The lowest BCUT2D eigenvalue weighted by molar-refractivity contribution is 0.285. The van der Waals surface area contributed by atoms with E-state index in [1.165, 1.54) is 10.8 Å². The molecule has 0 atom stereocenters. The number of halogens is 1. The molecule has 0 aliphatic rings. The number of rotatable bonds is 7. The smallest absolute Gasteiger partial charge is 0.161 e. The highest BCUT2D eigenvalue weighted by atomic mass is 35.5. The molecule has 0 amide bonds. The van der Waals surface area contributed by atoms with E-state index in [2.05, 4.69) is 35.6 Å². The van der Waals surface area contributed by atoms with Crippen LogP contribution >= 0.6 is 11.6 Å². The Bertz CT molecular complexity index is 1120. The van der Waals surface area contributed by atoms with Crippen LogP contribution in [0.25, 0.3) is 10.8 Å². The molecule has 146 valence electrons. The van der Waals surface area contributed by atoms with Gasteiger partial charge in [-0.15, -0.1) is 0 Å². The van der Waals surface area contributed by atoms with Gasteiger partial charge < -0.3 is 14.8 Å². The zero-order chi connectivity index (χ0) is 20.1. The van der Waals surface area contributed by atoms with Crippen molar-refractivity contribution in [3.63, 3.8) is 0 Å². The highest BCUT2D eigenvalue weighted by Gasteiger charge is 2.08. The van der Waals surface area contributed by atoms with Crippen molar-refractivity contribution in [3.05, 3.63) is 101 Å². The summed E-state index contributed by atoms with van der Waals surface area (Å²) < 4.78 is 11.7. The Kier molecular flexibility index (Phi) is 5.87. The molecule has 0 saturated heterocycles. The summed E-state index contributed by atoms with van der Waals surface area (Å²) in [5.74, 6) is 1.44. The second-order valence-corrected chi connectivity index (χ2v) is 7.15. The topological polar surface area (TPSA) is 30.5 Å².